The number of aromatic nitrogens is 3. The Balaban J connectivity index is 1.67. The third-order valence-corrected chi connectivity index (χ3v) is 5.22. The second kappa shape index (κ2) is 7.44. The van der Waals surface area contributed by atoms with Crippen LogP contribution in [0.3, 0.4) is 0 Å². The lowest BCUT2D eigenvalue weighted by Gasteiger charge is -2.11. The van der Waals surface area contributed by atoms with Crippen LogP contribution in [0.1, 0.15) is 0 Å². The van der Waals surface area contributed by atoms with Gasteiger partial charge in [0.25, 0.3) is 0 Å². The van der Waals surface area contributed by atoms with E-state index < -0.39 is 0 Å². The number of methoxy groups -OCH3 is 2. The SMILES string of the molecule is COc1ccc(-c2ncnc3ccc(-c4cnc5ccccc5c4)cc23)cc1OC. The Hall–Kier alpha value is -3.99. The van der Waals surface area contributed by atoms with Gasteiger partial charge in [0.1, 0.15) is 6.33 Å². The van der Waals surface area contributed by atoms with Crippen LogP contribution in [0, 0.1) is 0 Å². The maximum atomic E-state index is 5.47. The summed E-state index contributed by atoms with van der Waals surface area (Å²) in [6.07, 6.45) is 3.50. The van der Waals surface area contributed by atoms with Crippen LogP contribution in [-0.2, 0) is 0 Å². The Kier molecular flexibility index (Phi) is 4.48. The van der Waals surface area contributed by atoms with E-state index in [0.29, 0.717) is 11.5 Å². The van der Waals surface area contributed by atoms with E-state index in [2.05, 4.69) is 39.2 Å². The van der Waals surface area contributed by atoms with Crippen LogP contribution in [0.5, 0.6) is 11.5 Å². The van der Waals surface area contributed by atoms with Crippen molar-refractivity contribution >= 4 is 21.8 Å². The number of hydrogen-bond donors (Lipinski definition) is 0. The molecule has 0 bridgehead atoms. The van der Waals surface area contributed by atoms with Gasteiger partial charge in [-0.25, -0.2) is 9.97 Å². The zero-order valence-corrected chi connectivity index (χ0v) is 16.7. The standard InChI is InChI=1S/C25H19N3O2/c1-29-23-10-8-18(13-24(23)30-2)25-20-12-16(7-9-22(20)27-15-28-25)19-11-17-5-3-4-6-21(17)26-14-19/h3-15H,1-2H3. The summed E-state index contributed by atoms with van der Waals surface area (Å²) in [6, 6.07) is 22.3. The Labute approximate surface area is 174 Å². The highest BCUT2D eigenvalue weighted by molar-refractivity contribution is 5.96. The largest absolute Gasteiger partial charge is 0.493 e. The van der Waals surface area contributed by atoms with E-state index >= 15 is 0 Å². The number of fused-ring (bicyclic) bond motifs is 2. The molecule has 146 valence electrons. The van der Waals surface area contributed by atoms with E-state index in [9.17, 15) is 0 Å². The van der Waals surface area contributed by atoms with Gasteiger partial charge in [0.05, 0.1) is 30.9 Å². The maximum absolute atomic E-state index is 5.47. The molecule has 0 amide bonds. The quantitative estimate of drug-likeness (QED) is 0.402. The molecule has 30 heavy (non-hydrogen) atoms. The van der Waals surface area contributed by atoms with E-state index in [0.717, 1.165) is 44.2 Å². The molecule has 2 heterocycles. The first-order valence-electron chi connectivity index (χ1n) is 9.59. The van der Waals surface area contributed by atoms with Crippen molar-refractivity contribution in [1.82, 2.24) is 15.0 Å². The molecule has 5 aromatic rings. The molecule has 0 unspecified atom stereocenters. The molecule has 0 saturated heterocycles. The molecule has 0 aliphatic heterocycles. The Morgan fingerprint density at radius 2 is 1.47 bits per heavy atom. The first-order valence-corrected chi connectivity index (χ1v) is 9.59. The number of ether oxygens (including phenoxy) is 2. The molecule has 0 atom stereocenters. The number of nitrogens with zero attached hydrogens (tertiary/aromatic N) is 3. The lowest BCUT2D eigenvalue weighted by molar-refractivity contribution is 0.355. The topological polar surface area (TPSA) is 57.1 Å². The molecular weight excluding hydrogens is 374 g/mol. The van der Waals surface area contributed by atoms with Crippen LogP contribution in [0.4, 0.5) is 0 Å². The average molecular weight is 393 g/mol. The summed E-state index contributed by atoms with van der Waals surface area (Å²) in [5.74, 6) is 1.35. The molecule has 3 aromatic carbocycles. The fraction of sp³-hybridized carbons (Fsp3) is 0.0800. The molecule has 0 N–H and O–H groups in total. The van der Waals surface area contributed by atoms with Crippen molar-refractivity contribution < 1.29 is 9.47 Å². The molecule has 5 heteroatoms. The van der Waals surface area contributed by atoms with Gasteiger partial charge in [-0.2, -0.15) is 0 Å². The first-order chi connectivity index (χ1) is 14.8. The summed E-state index contributed by atoms with van der Waals surface area (Å²) in [6.45, 7) is 0. The lowest BCUT2D eigenvalue weighted by Crippen LogP contribution is -1.93. The molecule has 5 rings (SSSR count). The predicted molar refractivity (Wildman–Crippen MR) is 119 cm³/mol. The van der Waals surface area contributed by atoms with Gasteiger partial charge in [-0.15, -0.1) is 0 Å². The Morgan fingerprint density at radius 1 is 0.633 bits per heavy atom. The van der Waals surface area contributed by atoms with Gasteiger partial charge >= 0.3 is 0 Å². The van der Waals surface area contributed by atoms with Gasteiger partial charge in [0.2, 0.25) is 0 Å². The normalized spacial score (nSPS) is 11.0. The molecule has 2 aromatic heterocycles. The van der Waals surface area contributed by atoms with Gasteiger partial charge in [-0.1, -0.05) is 24.3 Å². The van der Waals surface area contributed by atoms with Gasteiger partial charge in [-0.3, -0.25) is 4.98 Å². The van der Waals surface area contributed by atoms with Crippen molar-refractivity contribution in [1.29, 1.82) is 0 Å². The number of benzene rings is 3. The van der Waals surface area contributed by atoms with E-state index in [1.165, 1.54) is 0 Å². The van der Waals surface area contributed by atoms with Crippen molar-refractivity contribution in [3.63, 3.8) is 0 Å². The third-order valence-electron chi connectivity index (χ3n) is 5.22. The molecule has 0 aliphatic rings. The van der Waals surface area contributed by atoms with E-state index in [1.807, 2.05) is 48.7 Å². The Bertz CT molecular complexity index is 1380. The van der Waals surface area contributed by atoms with E-state index in [4.69, 9.17) is 9.47 Å². The highest BCUT2D eigenvalue weighted by Gasteiger charge is 2.12. The van der Waals surface area contributed by atoms with Crippen LogP contribution in [0.25, 0.3) is 44.2 Å². The maximum Gasteiger partial charge on any atom is 0.161 e. The second-order valence-corrected chi connectivity index (χ2v) is 6.94. The minimum absolute atomic E-state index is 0.664. The van der Waals surface area contributed by atoms with Crippen molar-refractivity contribution in [3.8, 4) is 33.9 Å². The fourth-order valence-electron chi connectivity index (χ4n) is 3.68. The van der Waals surface area contributed by atoms with E-state index in [-0.39, 0.29) is 0 Å². The van der Waals surface area contributed by atoms with Gasteiger partial charge in [-0.05, 0) is 48.0 Å². The Morgan fingerprint density at radius 3 is 2.33 bits per heavy atom. The predicted octanol–water partition coefficient (Wildman–Crippen LogP) is 5.53. The molecule has 5 nitrogen and oxygen atoms in total. The average Bonchev–Trinajstić information content (AvgIpc) is 2.82. The molecule has 0 saturated carbocycles. The fourth-order valence-corrected chi connectivity index (χ4v) is 3.68. The molecule has 0 radical (unpaired) electrons. The van der Waals surface area contributed by atoms with Crippen LogP contribution < -0.4 is 9.47 Å². The highest BCUT2D eigenvalue weighted by Crippen LogP contribution is 2.35. The zero-order valence-electron chi connectivity index (χ0n) is 16.7. The summed E-state index contributed by atoms with van der Waals surface area (Å²) in [5, 5.41) is 2.08. The van der Waals surface area contributed by atoms with Gasteiger partial charge in [0, 0.05) is 28.1 Å². The lowest BCUT2D eigenvalue weighted by atomic mass is 10.00. The van der Waals surface area contributed by atoms with Gasteiger partial charge < -0.3 is 9.47 Å². The summed E-state index contributed by atoms with van der Waals surface area (Å²) in [4.78, 5) is 13.6. The van der Waals surface area contributed by atoms with Crippen molar-refractivity contribution in [3.05, 3.63) is 79.3 Å². The number of pyridine rings is 1. The van der Waals surface area contributed by atoms with Crippen molar-refractivity contribution in [2.45, 2.75) is 0 Å². The smallest absolute Gasteiger partial charge is 0.161 e. The highest BCUT2D eigenvalue weighted by atomic mass is 16.5. The molecular formula is C25H19N3O2. The van der Waals surface area contributed by atoms with Crippen LogP contribution in [0.15, 0.2) is 79.3 Å². The summed E-state index contributed by atoms with van der Waals surface area (Å²) < 4.78 is 10.8. The zero-order chi connectivity index (χ0) is 20.5. The third kappa shape index (κ3) is 3.10. The monoisotopic (exact) mass is 393 g/mol. The number of para-hydroxylation sites is 1. The van der Waals surface area contributed by atoms with Crippen LogP contribution in [0.2, 0.25) is 0 Å². The van der Waals surface area contributed by atoms with Crippen molar-refractivity contribution in [2.75, 3.05) is 14.2 Å². The minimum atomic E-state index is 0.664. The van der Waals surface area contributed by atoms with Crippen LogP contribution >= 0.6 is 0 Å². The van der Waals surface area contributed by atoms with Gasteiger partial charge in [0.15, 0.2) is 11.5 Å². The first kappa shape index (κ1) is 18.1. The summed E-state index contributed by atoms with van der Waals surface area (Å²) in [7, 11) is 3.26. The minimum Gasteiger partial charge on any atom is -0.493 e. The molecule has 0 fully saturated rings. The molecule has 0 aliphatic carbocycles. The van der Waals surface area contributed by atoms with Crippen LogP contribution in [-0.4, -0.2) is 29.2 Å². The number of hydrogen-bond acceptors (Lipinski definition) is 5. The van der Waals surface area contributed by atoms with Crippen molar-refractivity contribution in [2.24, 2.45) is 0 Å². The number of rotatable bonds is 4. The summed E-state index contributed by atoms with van der Waals surface area (Å²) in [5.41, 5.74) is 5.77. The second-order valence-electron chi connectivity index (χ2n) is 6.94. The summed E-state index contributed by atoms with van der Waals surface area (Å²) >= 11 is 0. The molecule has 0 spiro atoms. The van der Waals surface area contributed by atoms with E-state index in [1.54, 1.807) is 20.5 Å².